The fourth-order valence-electron chi connectivity index (χ4n) is 2.23. The van der Waals surface area contributed by atoms with Gasteiger partial charge < -0.3 is 4.90 Å². The van der Waals surface area contributed by atoms with Gasteiger partial charge in [0.1, 0.15) is 0 Å². The molecule has 0 amide bonds. The van der Waals surface area contributed by atoms with Crippen molar-refractivity contribution in [3.05, 3.63) is 60.7 Å². The van der Waals surface area contributed by atoms with Crippen LogP contribution in [0.2, 0.25) is 6.32 Å². The van der Waals surface area contributed by atoms with E-state index < -0.39 is 0 Å². The van der Waals surface area contributed by atoms with E-state index in [-0.39, 0.29) is 0 Å². The zero-order valence-corrected chi connectivity index (χ0v) is 11.1. The third-order valence-corrected chi connectivity index (χ3v) is 3.21. The SMILES string of the molecule is CN(C)CCB(c1cc[c]cc1)c1ccccc1. The van der Waals surface area contributed by atoms with Crippen LogP contribution in [0.4, 0.5) is 0 Å². The van der Waals surface area contributed by atoms with Gasteiger partial charge in [0, 0.05) is 0 Å². The molecule has 2 heteroatoms. The summed E-state index contributed by atoms with van der Waals surface area (Å²) in [6.07, 6.45) is 1.14. The maximum Gasteiger partial charge on any atom is 0.210 e. The van der Waals surface area contributed by atoms with Crippen molar-refractivity contribution in [1.29, 1.82) is 0 Å². The Morgan fingerprint density at radius 2 is 1.56 bits per heavy atom. The minimum absolute atomic E-state index is 0.475. The van der Waals surface area contributed by atoms with Crippen molar-refractivity contribution in [1.82, 2.24) is 4.90 Å². The van der Waals surface area contributed by atoms with Crippen molar-refractivity contribution in [2.45, 2.75) is 6.32 Å². The van der Waals surface area contributed by atoms with Gasteiger partial charge in [0.25, 0.3) is 0 Å². The molecule has 1 radical (unpaired) electrons. The first-order valence-electron chi connectivity index (χ1n) is 6.43. The van der Waals surface area contributed by atoms with Crippen LogP contribution in [-0.4, -0.2) is 32.3 Å². The second-order valence-electron chi connectivity index (χ2n) is 4.89. The molecule has 0 heterocycles. The first-order chi connectivity index (χ1) is 8.77. The summed E-state index contributed by atoms with van der Waals surface area (Å²) in [6.45, 7) is 1.57. The number of hydrogen-bond acceptors (Lipinski definition) is 1. The lowest BCUT2D eigenvalue weighted by Gasteiger charge is -2.17. The maximum absolute atomic E-state index is 3.09. The number of nitrogens with zero attached hydrogens (tertiary/aromatic N) is 1. The topological polar surface area (TPSA) is 3.24 Å². The van der Waals surface area contributed by atoms with Crippen LogP contribution in [0.15, 0.2) is 54.6 Å². The van der Waals surface area contributed by atoms with E-state index in [0.717, 1.165) is 12.9 Å². The predicted octanol–water partition coefficient (Wildman–Crippen LogP) is 1.66. The molecule has 1 nitrogen and oxygen atoms in total. The first-order valence-corrected chi connectivity index (χ1v) is 6.43. The molecule has 0 unspecified atom stereocenters. The fourth-order valence-corrected chi connectivity index (χ4v) is 2.23. The highest BCUT2D eigenvalue weighted by Gasteiger charge is 2.18. The molecule has 0 aliphatic rings. The van der Waals surface area contributed by atoms with Gasteiger partial charge in [-0.2, -0.15) is 0 Å². The predicted molar refractivity (Wildman–Crippen MR) is 80.1 cm³/mol. The van der Waals surface area contributed by atoms with Crippen LogP contribution in [0.1, 0.15) is 0 Å². The molecule has 0 aliphatic carbocycles. The summed E-state index contributed by atoms with van der Waals surface area (Å²) in [5.41, 5.74) is 2.77. The molecule has 2 rings (SSSR count). The molecule has 2 aromatic rings. The summed E-state index contributed by atoms with van der Waals surface area (Å²) in [5, 5.41) is 0. The monoisotopic (exact) mass is 236 g/mol. The molecule has 0 spiro atoms. The largest absolute Gasteiger partial charge is 0.310 e. The van der Waals surface area contributed by atoms with Crippen molar-refractivity contribution in [3.8, 4) is 0 Å². The summed E-state index contributed by atoms with van der Waals surface area (Å²) < 4.78 is 0. The van der Waals surface area contributed by atoms with Crippen LogP contribution in [0, 0.1) is 6.07 Å². The summed E-state index contributed by atoms with van der Waals surface area (Å²) in [6, 6.07) is 22.2. The Morgan fingerprint density at radius 3 is 2.17 bits per heavy atom. The summed E-state index contributed by atoms with van der Waals surface area (Å²) in [4.78, 5) is 2.24. The van der Waals surface area contributed by atoms with Crippen molar-refractivity contribution >= 4 is 17.6 Å². The molecule has 2 aromatic carbocycles. The van der Waals surface area contributed by atoms with Crippen LogP contribution >= 0.6 is 0 Å². The number of rotatable bonds is 5. The molecule has 0 aliphatic heterocycles. The Hall–Kier alpha value is -1.54. The van der Waals surface area contributed by atoms with Gasteiger partial charge in [0.15, 0.2) is 0 Å². The van der Waals surface area contributed by atoms with Crippen molar-refractivity contribution in [3.63, 3.8) is 0 Å². The second-order valence-corrected chi connectivity index (χ2v) is 4.89. The van der Waals surface area contributed by atoms with Crippen LogP contribution in [0.5, 0.6) is 0 Å². The summed E-state index contributed by atoms with van der Waals surface area (Å²) in [5.74, 6) is 0. The van der Waals surface area contributed by atoms with Gasteiger partial charge in [-0.05, 0) is 26.7 Å². The van der Waals surface area contributed by atoms with Crippen molar-refractivity contribution in [2.75, 3.05) is 20.6 Å². The molecule has 0 saturated heterocycles. The van der Waals surface area contributed by atoms with E-state index in [2.05, 4.69) is 67.5 Å². The zero-order chi connectivity index (χ0) is 12.8. The fraction of sp³-hybridized carbons (Fsp3) is 0.250. The standard InChI is InChI=1S/C16H19BN/c1-18(2)14-13-17(15-9-5-3-6-10-15)16-11-7-4-8-12-16/h3,5-12H,13-14H2,1-2H3. The lowest BCUT2D eigenvalue weighted by atomic mass is 9.38. The second kappa shape index (κ2) is 6.41. The average molecular weight is 236 g/mol. The van der Waals surface area contributed by atoms with Crippen LogP contribution in [0.3, 0.4) is 0 Å². The third-order valence-electron chi connectivity index (χ3n) is 3.21. The molecule has 91 valence electrons. The van der Waals surface area contributed by atoms with Crippen LogP contribution < -0.4 is 10.9 Å². The zero-order valence-electron chi connectivity index (χ0n) is 11.1. The van der Waals surface area contributed by atoms with Gasteiger partial charge >= 0.3 is 0 Å². The van der Waals surface area contributed by atoms with E-state index in [1.54, 1.807) is 0 Å². The highest BCUT2D eigenvalue weighted by molar-refractivity contribution is 6.85. The quantitative estimate of drug-likeness (QED) is 0.713. The first kappa shape index (κ1) is 12.9. The summed E-state index contributed by atoms with van der Waals surface area (Å²) >= 11 is 0. The Bertz CT molecular complexity index is 414. The minimum atomic E-state index is 0.475. The molecule has 0 atom stereocenters. The van der Waals surface area contributed by atoms with Crippen molar-refractivity contribution < 1.29 is 0 Å². The highest BCUT2D eigenvalue weighted by atomic mass is 15.0. The Morgan fingerprint density at radius 1 is 0.944 bits per heavy atom. The van der Waals surface area contributed by atoms with E-state index >= 15 is 0 Å². The maximum atomic E-state index is 3.09. The minimum Gasteiger partial charge on any atom is -0.310 e. The number of hydrogen-bond donors (Lipinski definition) is 0. The third kappa shape index (κ3) is 3.48. The molecule has 0 fully saturated rings. The average Bonchev–Trinajstić information content (AvgIpc) is 2.41. The summed E-state index contributed by atoms with van der Waals surface area (Å²) in [7, 11) is 4.25. The highest BCUT2D eigenvalue weighted by Crippen LogP contribution is 1.98. The Labute approximate surface area is 111 Å². The van der Waals surface area contributed by atoms with E-state index in [0.29, 0.717) is 6.71 Å². The molecule has 0 N–H and O–H groups in total. The van der Waals surface area contributed by atoms with Crippen LogP contribution in [0.25, 0.3) is 0 Å². The molecule has 0 aromatic heterocycles. The molecule has 18 heavy (non-hydrogen) atoms. The normalized spacial score (nSPS) is 10.6. The molecule has 0 saturated carbocycles. The van der Waals surface area contributed by atoms with E-state index in [1.165, 1.54) is 10.9 Å². The lowest BCUT2D eigenvalue weighted by Crippen LogP contribution is -2.43. The molecule has 0 bridgehead atoms. The van der Waals surface area contributed by atoms with Gasteiger partial charge in [-0.3, -0.25) is 0 Å². The van der Waals surface area contributed by atoms with Gasteiger partial charge in [0.05, 0.1) is 0 Å². The van der Waals surface area contributed by atoms with Gasteiger partial charge in [-0.25, -0.2) is 0 Å². The molecular formula is C16H19BN. The number of benzene rings is 2. The van der Waals surface area contributed by atoms with Crippen molar-refractivity contribution in [2.24, 2.45) is 0 Å². The Kier molecular flexibility index (Phi) is 4.60. The van der Waals surface area contributed by atoms with Crippen LogP contribution in [-0.2, 0) is 0 Å². The van der Waals surface area contributed by atoms with E-state index in [9.17, 15) is 0 Å². The van der Waals surface area contributed by atoms with E-state index in [1.807, 2.05) is 12.1 Å². The van der Waals surface area contributed by atoms with E-state index in [4.69, 9.17) is 0 Å². The Balaban J connectivity index is 2.24. The lowest BCUT2D eigenvalue weighted by molar-refractivity contribution is 0.433. The van der Waals surface area contributed by atoms with Gasteiger partial charge in [-0.15, -0.1) is 0 Å². The smallest absolute Gasteiger partial charge is 0.210 e. The van der Waals surface area contributed by atoms with Gasteiger partial charge in [-0.1, -0.05) is 71.8 Å². The van der Waals surface area contributed by atoms with Gasteiger partial charge in [0.2, 0.25) is 6.71 Å². The molecular weight excluding hydrogens is 217 g/mol.